The Morgan fingerprint density at radius 3 is 2.32 bits per heavy atom. The fourth-order valence-electron chi connectivity index (χ4n) is 3.82. The molecule has 0 aliphatic rings. The lowest BCUT2D eigenvalue weighted by atomic mass is 10.2. The Bertz CT molecular complexity index is 1690. The Kier molecular flexibility index (Phi) is 6.75. The van der Waals surface area contributed by atoms with Gasteiger partial charge in [-0.1, -0.05) is 12.1 Å². The number of hydrogen-bond donors (Lipinski definition) is 1. The Morgan fingerprint density at radius 1 is 0.921 bits per heavy atom. The molecule has 0 aliphatic heterocycles. The zero-order valence-electron chi connectivity index (χ0n) is 20.7. The van der Waals surface area contributed by atoms with Crippen LogP contribution in [0, 0.1) is 0 Å². The summed E-state index contributed by atoms with van der Waals surface area (Å²) in [6, 6.07) is 13.4. The maximum atomic E-state index is 12.9. The highest BCUT2D eigenvalue weighted by Crippen LogP contribution is 2.38. The number of pyridine rings is 2. The van der Waals surface area contributed by atoms with E-state index in [1.807, 2.05) is 6.92 Å². The number of para-hydroxylation sites is 1. The molecule has 194 valence electrons. The van der Waals surface area contributed by atoms with E-state index in [9.17, 15) is 8.42 Å². The predicted molar refractivity (Wildman–Crippen MR) is 139 cm³/mol. The highest BCUT2D eigenvalue weighted by molar-refractivity contribution is 7.92. The van der Waals surface area contributed by atoms with Crippen molar-refractivity contribution < 1.29 is 22.6 Å². The van der Waals surface area contributed by atoms with E-state index in [1.165, 1.54) is 44.9 Å². The van der Waals surface area contributed by atoms with Crippen LogP contribution in [0.3, 0.4) is 0 Å². The van der Waals surface area contributed by atoms with Crippen LogP contribution in [0.4, 0.5) is 5.82 Å². The zero-order chi connectivity index (χ0) is 26.7. The molecule has 1 N–H and O–H groups in total. The largest absolute Gasteiger partial charge is 0.494 e. The second-order valence-electron chi connectivity index (χ2n) is 7.77. The van der Waals surface area contributed by atoms with E-state index in [2.05, 4.69) is 29.6 Å². The fourth-order valence-corrected chi connectivity index (χ4v) is 4.79. The Morgan fingerprint density at radius 2 is 1.63 bits per heavy atom. The summed E-state index contributed by atoms with van der Waals surface area (Å²) in [4.78, 5) is 22.1. The van der Waals surface area contributed by atoms with Crippen molar-refractivity contribution in [3.8, 4) is 34.6 Å². The molecule has 0 unspecified atom stereocenters. The standard InChI is InChI=1S/C25H23N7O5S/c1-4-37-21-10-5-7-17(28-21)24-30-23-25(32(24)22-18(35-2)8-6-9-19(22)36-3)29-20(15-27-23)31-38(33,34)16-11-13-26-14-12-16/h5-15H,4H2,1-3H3,(H,29,31). The van der Waals surface area contributed by atoms with Gasteiger partial charge in [0, 0.05) is 18.5 Å². The topological polar surface area (TPSA) is 143 Å². The molecule has 5 aromatic rings. The van der Waals surface area contributed by atoms with Gasteiger partial charge in [-0.15, -0.1) is 0 Å². The van der Waals surface area contributed by atoms with E-state index < -0.39 is 10.0 Å². The summed E-state index contributed by atoms with van der Waals surface area (Å²) in [7, 11) is -0.877. The van der Waals surface area contributed by atoms with Gasteiger partial charge in [0.2, 0.25) is 5.88 Å². The predicted octanol–water partition coefficient (Wildman–Crippen LogP) is 3.49. The van der Waals surface area contributed by atoms with Crippen LogP contribution in [0.15, 0.2) is 72.0 Å². The van der Waals surface area contributed by atoms with Crippen molar-refractivity contribution in [3.05, 3.63) is 67.1 Å². The molecule has 4 aromatic heterocycles. The maximum absolute atomic E-state index is 12.9. The zero-order valence-corrected chi connectivity index (χ0v) is 21.5. The van der Waals surface area contributed by atoms with Gasteiger partial charge in [0.15, 0.2) is 22.9 Å². The Balaban J connectivity index is 1.75. The van der Waals surface area contributed by atoms with Crippen molar-refractivity contribution in [3.63, 3.8) is 0 Å². The molecule has 4 heterocycles. The number of methoxy groups -OCH3 is 2. The number of hydrogen-bond acceptors (Lipinski definition) is 10. The van der Waals surface area contributed by atoms with E-state index in [0.29, 0.717) is 41.2 Å². The monoisotopic (exact) mass is 533 g/mol. The molecule has 12 nitrogen and oxygen atoms in total. The number of benzene rings is 1. The second kappa shape index (κ2) is 10.3. The summed E-state index contributed by atoms with van der Waals surface area (Å²) >= 11 is 0. The van der Waals surface area contributed by atoms with Gasteiger partial charge in [0.25, 0.3) is 10.0 Å². The lowest BCUT2D eigenvalue weighted by Crippen LogP contribution is -2.14. The van der Waals surface area contributed by atoms with Crippen molar-refractivity contribution in [1.29, 1.82) is 0 Å². The molecule has 0 spiro atoms. The van der Waals surface area contributed by atoms with Gasteiger partial charge in [-0.05, 0) is 37.3 Å². The molecule has 0 saturated heterocycles. The summed E-state index contributed by atoms with van der Waals surface area (Å²) in [6.07, 6.45) is 4.08. The van der Waals surface area contributed by atoms with E-state index in [1.54, 1.807) is 41.0 Å². The van der Waals surface area contributed by atoms with Gasteiger partial charge in [-0.3, -0.25) is 14.3 Å². The minimum atomic E-state index is -3.94. The quantitative estimate of drug-likeness (QED) is 0.299. The van der Waals surface area contributed by atoms with Crippen LogP contribution in [0.5, 0.6) is 17.4 Å². The second-order valence-corrected chi connectivity index (χ2v) is 9.45. The average molecular weight is 534 g/mol. The molecule has 5 rings (SSSR count). The van der Waals surface area contributed by atoms with Crippen LogP contribution < -0.4 is 18.9 Å². The number of ether oxygens (including phenoxy) is 3. The van der Waals surface area contributed by atoms with Crippen LogP contribution in [0.1, 0.15) is 6.92 Å². The van der Waals surface area contributed by atoms with Gasteiger partial charge < -0.3 is 14.2 Å². The summed E-state index contributed by atoms with van der Waals surface area (Å²) in [5, 5.41) is 0. The van der Waals surface area contributed by atoms with Gasteiger partial charge >= 0.3 is 0 Å². The molecule has 0 fully saturated rings. The highest BCUT2D eigenvalue weighted by Gasteiger charge is 2.24. The summed E-state index contributed by atoms with van der Waals surface area (Å²) < 4.78 is 46.9. The summed E-state index contributed by atoms with van der Waals surface area (Å²) in [6.45, 7) is 2.31. The van der Waals surface area contributed by atoms with Crippen molar-refractivity contribution in [2.24, 2.45) is 0 Å². The highest BCUT2D eigenvalue weighted by atomic mass is 32.2. The fraction of sp³-hybridized carbons (Fsp3) is 0.160. The Hall–Kier alpha value is -4.78. The molecular formula is C25H23N7O5S. The first-order valence-electron chi connectivity index (χ1n) is 11.4. The van der Waals surface area contributed by atoms with E-state index in [-0.39, 0.29) is 22.0 Å². The third-order valence-corrected chi connectivity index (χ3v) is 6.81. The van der Waals surface area contributed by atoms with E-state index >= 15 is 0 Å². The first-order valence-corrected chi connectivity index (χ1v) is 12.9. The molecule has 0 bridgehead atoms. The van der Waals surface area contributed by atoms with Crippen molar-refractivity contribution in [1.82, 2.24) is 29.5 Å². The van der Waals surface area contributed by atoms with Crippen molar-refractivity contribution in [2.75, 3.05) is 25.5 Å². The van der Waals surface area contributed by atoms with Crippen molar-refractivity contribution >= 4 is 27.1 Å². The van der Waals surface area contributed by atoms with Gasteiger partial charge in [-0.2, -0.15) is 0 Å². The number of fused-ring (bicyclic) bond motifs is 1. The van der Waals surface area contributed by atoms with Gasteiger partial charge in [0.05, 0.1) is 31.9 Å². The molecule has 0 amide bonds. The van der Waals surface area contributed by atoms with Crippen LogP contribution in [-0.4, -0.2) is 58.7 Å². The van der Waals surface area contributed by atoms with Gasteiger partial charge in [0.1, 0.15) is 22.9 Å². The number of nitrogens with zero attached hydrogens (tertiary/aromatic N) is 6. The molecule has 1 aromatic carbocycles. The lowest BCUT2D eigenvalue weighted by Gasteiger charge is -2.16. The number of nitrogens with one attached hydrogen (secondary N) is 1. The Labute approximate surface area is 218 Å². The lowest BCUT2D eigenvalue weighted by molar-refractivity contribution is 0.327. The van der Waals surface area contributed by atoms with Crippen LogP contribution in [0.25, 0.3) is 28.5 Å². The first kappa shape index (κ1) is 24.9. The summed E-state index contributed by atoms with van der Waals surface area (Å²) in [5.74, 6) is 1.72. The average Bonchev–Trinajstić information content (AvgIpc) is 3.31. The normalized spacial score (nSPS) is 11.3. The maximum Gasteiger partial charge on any atom is 0.263 e. The molecular weight excluding hydrogens is 510 g/mol. The first-order chi connectivity index (χ1) is 18.4. The molecule has 0 atom stereocenters. The molecule has 13 heteroatoms. The SMILES string of the molecule is CCOc1cccc(-c2nc3ncc(NS(=O)(=O)c4ccncc4)nc3n2-c2c(OC)cccc2OC)n1. The van der Waals surface area contributed by atoms with E-state index in [4.69, 9.17) is 14.2 Å². The van der Waals surface area contributed by atoms with Crippen LogP contribution in [0.2, 0.25) is 0 Å². The number of aromatic nitrogens is 6. The third kappa shape index (κ3) is 4.66. The molecule has 0 saturated carbocycles. The van der Waals surface area contributed by atoms with Crippen molar-refractivity contribution in [2.45, 2.75) is 11.8 Å². The third-order valence-electron chi connectivity index (χ3n) is 5.44. The number of rotatable bonds is 9. The van der Waals surface area contributed by atoms with Crippen LogP contribution >= 0.6 is 0 Å². The van der Waals surface area contributed by atoms with Crippen LogP contribution in [-0.2, 0) is 10.0 Å². The van der Waals surface area contributed by atoms with Gasteiger partial charge in [-0.25, -0.2) is 28.4 Å². The minimum absolute atomic E-state index is 0.00750. The number of imidazole rings is 1. The molecule has 0 aliphatic carbocycles. The number of sulfonamides is 1. The number of anilines is 1. The summed E-state index contributed by atoms with van der Waals surface area (Å²) in [5.41, 5.74) is 1.47. The molecule has 0 radical (unpaired) electrons. The minimum Gasteiger partial charge on any atom is -0.494 e. The van der Waals surface area contributed by atoms with E-state index in [0.717, 1.165) is 0 Å². The molecule has 38 heavy (non-hydrogen) atoms. The smallest absolute Gasteiger partial charge is 0.263 e.